The van der Waals surface area contributed by atoms with Crippen molar-refractivity contribution in [3.8, 4) is 0 Å². The third-order valence-corrected chi connectivity index (χ3v) is 10.9. The van der Waals surface area contributed by atoms with Crippen LogP contribution in [0.5, 0.6) is 0 Å². The van der Waals surface area contributed by atoms with Gasteiger partial charge in [-0.2, -0.15) is 0 Å². The Bertz CT molecular complexity index is 292. The Morgan fingerprint density at radius 1 is 0.783 bits per heavy atom. The minimum absolute atomic E-state index is 0.397. The summed E-state index contributed by atoms with van der Waals surface area (Å²) in [4.78, 5) is 12.1. The van der Waals surface area contributed by atoms with Gasteiger partial charge in [0.1, 0.15) is 0 Å². The molecule has 0 aromatic heterocycles. The van der Waals surface area contributed by atoms with Crippen LogP contribution in [0, 0.1) is 0 Å². The topological polar surface area (TPSA) is 35.5 Å². The molecular formula is C19H40O3Si. The Kier molecular flexibility index (Phi) is 11.7. The van der Waals surface area contributed by atoms with Crippen molar-refractivity contribution in [1.29, 1.82) is 0 Å². The van der Waals surface area contributed by atoms with Gasteiger partial charge in [0.25, 0.3) is 8.32 Å². The fraction of sp³-hybridized carbons (Fsp3) is 0.947. The molecule has 0 unspecified atom stereocenters. The van der Waals surface area contributed by atoms with Crippen LogP contribution in [0.3, 0.4) is 0 Å². The van der Waals surface area contributed by atoms with Gasteiger partial charge in [0.2, 0.25) is 0 Å². The van der Waals surface area contributed by atoms with E-state index in [-0.39, 0.29) is 0 Å². The van der Waals surface area contributed by atoms with Crippen LogP contribution in [0.25, 0.3) is 0 Å². The molecule has 23 heavy (non-hydrogen) atoms. The summed E-state index contributed by atoms with van der Waals surface area (Å²) >= 11 is 0. The zero-order chi connectivity index (χ0) is 17.9. The van der Waals surface area contributed by atoms with Crippen LogP contribution in [0.4, 0.5) is 4.79 Å². The number of carbonyl (C=O) groups is 1. The van der Waals surface area contributed by atoms with Gasteiger partial charge in [0, 0.05) is 0 Å². The lowest BCUT2D eigenvalue weighted by molar-refractivity contribution is 0.0912. The first-order chi connectivity index (χ1) is 10.8. The Labute approximate surface area is 145 Å². The molecule has 0 saturated carbocycles. The van der Waals surface area contributed by atoms with Gasteiger partial charge in [-0.15, -0.1) is 0 Å². The predicted octanol–water partition coefficient (Wildman–Crippen LogP) is 7.07. The lowest BCUT2D eigenvalue weighted by atomic mass is 10.1. The largest absolute Gasteiger partial charge is 0.494 e. The molecule has 0 saturated heterocycles. The van der Waals surface area contributed by atoms with Gasteiger partial charge in [0.05, 0.1) is 6.61 Å². The SMILES string of the molecule is CCCCCCCCCOC(=O)O[Si](C(C)C)(C(C)C)C(C)C. The highest BCUT2D eigenvalue weighted by molar-refractivity contribution is 6.78. The van der Waals surface area contributed by atoms with E-state index in [1.165, 1.54) is 32.1 Å². The van der Waals surface area contributed by atoms with Crippen molar-refractivity contribution in [2.24, 2.45) is 0 Å². The Balaban J connectivity index is 4.15. The Morgan fingerprint density at radius 3 is 1.65 bits per heavy atom. The van der Waals surface area contributed by atoms with Crippen molar-refractivity contribution < 1.29 is 14.0 Å². The molecule has 0 aromatic carbocycles. The van der Waals surface area contributed by atoms with E-state index in [1.54, 1.807) is 0 Å². The third kappa shape index (κ3) is 7.73. The molecule has 0 aliphatic heterocycles. The van der Waals surface area contributed by atoms with Crippen molar-refractivity contribution in [3.63, 3.8) is 0 Å². The molecule has 0 aliphatic rings. The summed E-state index contributed by atoms with van der Waals surface area (Å²) in [6.07, 6.45) is 8.10. The monoisotopic (exact) mass is 344 g/mol. The van der Waals surface area contributed by atoms with Gasteiger partial charge in [-0.1, -0.05) is 87.0 Å². The first-order valence-electron chi connectivity index (χ1n) is 9.64. The second-order valence-corrected chi connectivity index (χ2v) is 13.0. The van der Waals surface area contributed by atoms with Crippen molar-refractivity contribution in [3.05, 3.63) is 0 Å². The Hall–Kier alpha value is -0.513. The smallest absolute Gasteiger partial charge is 0.488 e. The fourth-order valence-corrected chi connectivity index (χ4v) is 8.80. The second-order valence-electron chi connectivity index (χ2n) is 7.64. The van der Waals surface area contributed by atoms with Crippen LogP contribution in [0.2, 0.25) is 16.6 Å². The molecule has 0 spiro atoms. The molecule has 0 aromatic rings. The van der Waals surface area contributed by atoms with Crippen LogP contribution in [0.15, 0.2) is 0 Å². The van der Waals surface area contributed by atoms with E-state index < -0.39 is 14.5 Å². The van der Waals surface area contributed by atoms with E-state index in [9.17, 15) is 4.79 Å². The van der Waals surface area contributed by atoms with Crippen LogP contribution in [0.1, 0.15) is 93.4 Å². The average molecular weight is 345 g/mol. The lowest BCUT2D eigenvalue weighted by Gasteiger charge is -2.40. The molecule has 0 bridgehead atoms. The van der Waals surface area contributed by atoms with E-state index in [1.807, 2.05) is 0 Å². The predicted molar refractivity (Wildman–Crippen MR) is 101 cm³/mol. The van der Waals surface area contributed by atoms with Crippen LogP contribution in [-0.4, -0.2) is 21.1 Å². The quantitative estimate of drug-likeness (QED) is 0.216. The average Bonchev–Trinajstić information content (AvgIpc) is 2.46. The Morgan fingerprint density at radius 2 is 1.22 bits per heavy atom. The maximum Gasteiger partial charge on any atom is 0.494 e. The summed E-state index contributed by atoms with van der Waals surface area (Å²) in [6.45, 7) is 15.8. The zero-order valence-electron chi connectivity index (χ0n) is 16.6. The number of hydrogen-bond donors (Lipinski definition) is 0. The maximum atomic E-state index is 12.1. The molecule has 138 valence electrons. The molecule has 0 rings (SSSR count). The first kappa shape index (κ1) is 22.5. The van der Waals surface area contributed by atoms with Crippen LogP contribution >= 0.6 is 0 Å². The standard InChI is InChI=1S/C19H40O3Si/c1-8-9-10-11-12-13-14-15-21-19(20)22-23(16(2)3,17(4)5)18(6)7/h16-18H,8-15H2,1-7H3. The first-order valence-corrected chi connectivity index (χ1v) is 11.8. The van der Waals surface area contributed by atoms with E-state index in [2.05, 4.69) is 48.5 Å². The minimum Gasteiger partial charge on any atom is -0.488 e. The lowest BCUT2D eigenvalue weighted by Crippen LogP contribution is -2.49. The van der Waals surface area contributed by atoms with Gasteiger partial charge in [-0.25, -0.2) is 4.79 Å². The molecule has 0 amide bonds. The van der Waals surface area contributed by atoms with Gasteiger partial charge in [-0.3, -0.25) is 0 Å². The molecule has 3 nitrogen and oxygen atoms in total. The number of unbranched alkanes of at least 4 members (excludes halogenated alkanes) is 6. The highest BCUT2D eigenvalue weighted by atomic mass is 28.4. The van der Waals surface area contributed by atoms with Crippen molar-refractivity contribution in [2.75, 3.05) is 6.61 Å². The van der Waals surface area contributed by atoms with Crippen molar-refractivity contribution >= 4 is 14.5 Å². The van der Waals surface area contributed by atoms with Gasteiger partial charge in [0.15, 0.2) is 0 Å². The van der Waals surface area contributed by atoms with E-state index in [0.717, 1.165) is 12.8 Å². The highest BCUT2D eigenvalue weighted by Crippen LogP contribution is 2.42. The highest BCUT2D eigenvalue weighted by Gasteiger charge is 2.48. The summed E-state index contributed by atoms with van der Waals surface area (Å²) in [5.74, 6) is 0. The molecule has 0 N–H and O–H groups in total. The molecular weight excluding hydrogens is 304 g/mol. The summed E-state index contributed by atoms with van der Waals surface area (Å²) in [5, 5.41) is 0. The molecule has 0 radical (unpaired) electrons. The zero-order valence-corrected chi connectivity index (χ0v) is 17.6. The summed E-state index contributed by atoms with van der Waals surface area (Å²) in [5.41, 5.74) is 1.19. The number of carbonyl (C=O) groups excluding carboxylic acids is 1. The van der Waals surface area contributed by atoms with Crippen molar-refractivity contribution in [1.82, 2.24) is 0 Å². The normalized spacial score (nSPS) is 12.3. The maximum absolute atomic E-state index is 12.1. The number of ether oxygens (including phenoxy) is 1. The van der Waals surface area contributed by atoms with Crippen LogP contribution in [-0.2, 0) is 9.16 Å². The molecule has 0 atom stereocenters. The molecule has 0 fully saturated rings. The van der Waals surface area contributed by atoms with Gasteiger partial charge in [-0.05, 0) is 23.0 Å². The minimum atomic E-state index is -2.16. The number of hydrogen-bond acceptors (Lipinski definition) is 3. The molecule has 4 heteroatoms. The number of rotatable bonds is 12. The summed E-state index contributed by atoms with van der Waals surface area (Å²) in [6, 6.07) is 0. The van der Waals surface area contributed by atoms with E-state index >= 15 is 0 Å². The van der Waals surface area contributed by atoms with Crippen LogP contribution < -0.4 is 0 Å². The summed E-state index contributed by atoms with van der Waals surface area (Å²) in [7, 11) is -2.16. The fourth-order valence-electron chi connectivity index (χ4n) is 3.74. The molecule has 0 heterocycles. The second kappa shape index (κ2) is 11.9. The van der Waals surface area contributed by atoms with Crippen molar-refractivity contribution in [2.45, 2.75) is 110 Å². The molecule has 0 aliphatic carbocycles. The van der Waals surface area contributed by atoms with E-state index in [4.69, 9.17) is 9.16 Å². The van der Waals surface area contributed by atoms with Gasteiger partial charge < -0.3 is 9.16 Å². The summed E-state index contributed by atoms with van der Waals surface area (Å²) < 4.78 is 11.3. The van der Waals surface area contributed by atoms with Gasteiger partial charge >= 0.3 is 6.16 Å². The third-order valence-electron chi connectivity index (χ3n) is 4.94. The van der Waals surface area contributed by atoms with E-state index in [0.29, 0.717) is 23.2 Å².